The number of pyridine rings is 1. The number of hydrogen-bond acceptors (Lipinski definition) is 4. The fraction of sp³-hybridized carbons (Fsp3) is 0.333. The first-order valence-electron chi connectivity index (χ1n) is 8.56. The molecule has 1 fully saturated rings. The molecule has 27 heavy (non-hydrogen) atoms. The maximum atomic E-state index is 12.9. The Hall–Kier alpha value is -2.97. The number of fused-ring (bicyclic) bond motifs is 1. The van der Waals surface area contributed by atoms with E-state index in [2.05, 4.69) is 15.3 Å². The standard InChI is InChI=1S/C18H16F3N5O/c19-18(20,21)14-4-1-3-13(11-14)12-6-9-25(10-7-12)17(27)26-15-5-2-8-22-16(15)23-24-26/h1-5,8,11-12H,6-7,9-10H2. The Kier molecular flexibility index (Phi) is 4.29. The lowest BCUT2D eigenvalue weighted by Crippen LogP contribution is -2.40. The van der Waals surface area contributed by atoms with Crippen LogP contribution in [0.3, 0.4) is 0 Å². The van der Waals surface area contributed by atoms with Gasteiger partial charge in [-0.05, 0) is 42.5 Å². The van der Waals surface area contributed by atoms with Crippen molar-refractivity contribution < 1.29 is 18.0 Å². The van der Waals surface area contributed by atoms with Crippen LogP contribution in [0.25, 0.3) is 11.2 Å². The zero-order valence-electron chi connectivity index (χ0n) is 14.2. The quantitative estimate of drug-likeness (QED) is 0.651. The summed E-state index contributed by atoms with van der Waals surface area (Å²) < 4.78 is 40.0. The Morgan fingerprint density at radius 2 is 1.89 bits per heavy atom. The predicted octanol–water partition coefficient (Wildman–Crippen LogP) is 3.69. The van der Waals surface area contributed by atoms with Gasteiger partial charge in [-0.1, -0.05) is 23.4 Å². The Bertz CT molecular complexity index is 976. The number of alkyl halides is 3. The molecule has 0 bridgehead atoms. The number of piperidine rings is 1. The third kappa shape index (κ3) is 3.36. The third-order valence-electron chi connectivity index (χ3n) is 4.86. The van der Waals surface area contributed by atoms with E-state index in [1.54, 1.807) is 29.3 Å². The fourth-order valence-corrected chi connectivity index (χ4v) is 3.41. The number of amides is 1. The van der Waals surface area contributed by atoms with Crippen molar-refractivity contribution in [2.45, 2.75) is 24.9 Å². The van der Waals surface area contributed by atoms with Gasteiger partial charge in [-0.2, -0.15) is 17.9 Å². The number of halogens is 3. The van der Waals surface area contributed by atoms with Gasteiger partial charge < -0.3 is 4.90 Å². The van der Waals surface area contributed by atoms with Crippen molar-refractivity contribution in [3.05, 3.63) is 53.7 Å². The van der Waals surface area contributed by atoms with Crippen LogP contribution in [0.5, 0.6) is 0 Å². The first-order chi connectivity index (χ1) is 12.9. The minimum absolute atomic E-state index is 0.00879. The Morgan fingerprint density at radius 1 is 1.11 bits per heavy atom. The van der Waals surface area contributed by atoms with E-state index in [0.29, 0.717) is 42.7 Å². The number of carbonyl (C=O) groups excluding carboxylic acids is 1. The summed E-state index contributed by atoms with van der Waals surface area (Å²) in [7, 11) is 0. The van der Waals surface area contributed by atoms with Crippen LogP contribution in [0.4, 0.5) is 18.0 Å². The monoisotopic (exact) mass is 375 g/mol. The largest absolute Gasteiger partial charge is 0.416 e. The van der Waals surface area contributed by atoms with Gasteiger partial charge in [0.25, 0.3) is 0 Å². The van der Waals surface area contributed by atoms with Gasteiger partial charge >= 0.3 is 12.2 Å². The molecule has 6 nitrogen and oxygen atoms in total. The van der Waals surface area contributed by atoms with Gasteiger partial charge in [0.05, 0.1) is 5.56 Å². The molecule has 4 rings (SSSR count). The van der Waals surface area contributed by atoms with Crippen molar-refractivity contribution in [1.29, 1.82) is 0 Å². The molecular formula is C18H16F3N5O. The summed E-state index contributed by atoms with van der Waals surface area (Å²) in [4.78, 5) is 18.4. The second kappa shape index (κ2) is 6.64. The maximum Gasteiger partial charge on any atom is 0.416 e. The molecule has 0 radical (unpaired) electrons. The summed E-state index contributed by atoms with van der Waals surface area (Å²) in [5.41, 5.74) is 0.944. The van der Waals surface area contributed by atoms with Crippen LogP contribution in [0.15, 0.2) is 42.6 Å². The SMILES string of the molecule is O=C(N1CCC(c2cccc(C(F)(F)F)c2)CC1)n1nnc2ncccc21. The first-order valence-corrected chi connectivity index (χ1v) is 8.56. The average molecular weight is 375 g/mol. The molecule has 1 aliphatic rings. The van der Waals surface area contributed by atoms with E-state index < -0.39 is 11.7 Å². The summed E-state index contributed by atoms with van der Waals surface area (Å²) in [6.07, 6.45) is -1.59. The van der Waals surface area contributed by atoms with Crippen LogP contribution < -0.4 is 0 Å². The molecule has 0 saturated carbocycles. The molecule has 3 aromatic rings. The van der Waals surface area contributed by atoms with Crippen LogP contribution in [-0.2, 0) is 6.18 Å². The van der Waals surface area contributed by atoms with Gasteiger partial charge in [-0.15, -0.1) is 5.10 Å². The number of rotatable bonds is 1. The molecule has 1 aliphatic heterocycles. The van der Waals surface area contributed by atoms with Crippen LogP contribution >= 0.6 is 0 Å². The second-order valence-corrected chi connectivity index (χ2v) is 6.51. The Balaban J connectivity index is 1.47. The van der Waals surface area contributed by atoms with E-state index in [1.165, 1.54) is 16.8 Å². The minimum atomic E-state index is -4.35. The van der Waals surface area contributed by atoms with E-state index in [4.69, 9.17) is 0 Å². The van der Waals surface area contributed by atoms with E-state index in [1.807, 2.05) is 0 Å². The molecule has 3 heterocycles. The smallest absolute Gasteiger partial charge is 0.323 e. The molecule has 0 unspecified atom stereocenters. The highest BCUT2D eigenvalue weighted by atomic mass is 19.4. The molecule has 0 spiro atoms. The third-order valence-corrected chi connectivity index (χ3v) is 4.86. The number of hydrogen-bond donors (Lipinski definition) is 0. The molecule has 0 atom stereocenters. The lowest BCUT2D eigenvalue weighted by atomic mass is 9.88. The lowest BCUT2D eigenvalue weighted by molar-refractivity contribution is -0.137. The number of carbonyl (C=O) groups is 1. The van der Waals surface area contributed by atoms with Gasteiger partial charge in [-0.3, -0.25) is 0 Å². The van der Waals surface area contributed by atoms with Crippen molar-refractivity contribution in [3.8, 4) is 0 Å². The van der Waals surface area contributed by atoms with Crippen molar-refractivity contribution in [3.63, 3.8) is 0 Å². The summed E-state index contributed by atoms with van der Waals surface area (Å²) >= 11 is 0. The molecule has 9 heteroatoms. The first kappa shape index (κ1) is 17.4. The number of aromatic nitrogens is 4. The topological polar surface area (TPSA) is 63.9 Å². The predicted molar refractivity (Wildman–Crippen MR) is 91.1 cm³/mol. The van der Waals surface area contributed by atoms with Crippen molar-refractivity contribution >= 4 is 17.2 Å². The Labute approximate surface area is 152 Å². The Morgan fingerprint density at radius 3 is 2.63 bits per heavy atom. The summed E-state index contributed by atoms with van der Waals surface area (Å²) in [6.45, 7) is 0.892. The zero-order chi connectivity index (χ0) is 19.0. The molecule has 140 valence electrons. The van der Waals surface area contributed by atoms with Gasteiger partial charge in [0.15, 0.2) is 0 Å². The number of benzene rings is 1. The summed E-state index contributed by atoms with van der Waals surface area (Å²) in [6, 6.07) is 8.56. The van der Waals surface area contributed by atoms with Crippen LogP contribution in [0, 0.1) is 0 Å². The highest BCUT2D eigenvalue weighted by Gasteiger charge is 2.32. The van der Waals surface area contributed by atoms with Gasteiger partial charge in [0, 0.05) is 19.3 Å². The molecule has 2 aromatic heterocycles. The summed E-state index contributed by atoms with van der Waals surface area (Å²) in [5, 5.41) is 7.75. The normalized spacial score (nSPS) is 16.0. The zero-order valence-corrected chi connectivity index (χ0v) is 14.2. The number of nitrogens with zero attached hydrogens (tertiary/aromatic N) is 5. The van der Waals surface area contributed by atoms with Crippen LogP contribution in [0.2, 0.25) is 0 Å². The van der Waals surface area contributed by atoms with E-state index in [-0.39, 0.29) is 11.9 Å². The van der Waals surface area contributed by atoms with Gasteiger partial charge in [0.2, 0.25) is 5.65 Å². The fourth-order valence-electron chi connectivity index (χ4n) is 3.41. The van der Waals surface area contributed by atoms with Crippen molar-refractivity contribution in [1.82, 2.24) is 24.9 Å². The molecule has 0 aliphatic carbocycles. The lowest BCUT2D eigenvalue weighted by Gasteiger charge is -2.32. The van der Waals surface area contributed by atoms with Crippen molar-refractivity contribution in [2.75, 3.05) is 13.1 Å². The van der Waals surface area contributed by atoms with Crippen LogP contribution in [0.1, 0.15) is 29.9 Å². The number of likely N-dealkylation sites (tertiary alicyclic amines) is 1. The average Bonchev–Trinajstić information content (AvgIpc) is 3.11. The van der Waals surface area contributed by atoms with Crippen molar-refractivity contribution in [2.24, 2.45) is 0 Å². The highest BCUT2D eigenvalue weighted by molar-refractivity contribution is 5.86. The molecular weight excluding hydrogens is 359 g/mol. The molecule has 1 aromatic carbocycles. The second-order valence-electron chi connectivity index (χ2n) is 6.51. The van der Waals surface area contributed by atoms with Gasteiger partial charge in [-0.25, -0.2) is 9.78 Å². The maximum absolute atomic E-state index is 12.9. The van der Waals surface area contributed by atoms with Gasteiger partial charge in [0.1, 0.15) is 5.52 Å². The minimum Gasteiger partial charge on any atom is -0.323 e. The molecule has 1 amide bonds. The van der Waals surface area contributed by atoms with Crippen LogP contribution in [-0.4, -0.2) is 44.0 Å². The molecule has 0 N–H and O–H groups in total. The highest BCUT2D eigenvalue weighted by Crippen LogP contribution is 2.34. The van der Waals surface area contributed by atoms with E-state index in [0.717, 1.165) is 6.07 Å². The molecule has 1 saturated heterocycles. The summed E-state index contributed by atoms with van der Waals surface area (Å²) in [5.74, 6) is -0.00879. The van der Waals surface area contributed by atoms with E-state index in [9.17, 15) is 18.0 Å². The van der Waals surface area contributed by atoms with E-state index >= 15 is 0 Å².